The molecule has 0 spiro atoms. The molecule has 0 saturated carbocycles. The van der Waals surface area contributed by atoms with Crippen molar-refractivity contribution in [3.63, 3.8) is 0 Å². The highest BCUT2D eigenvalue weighted by atomic mass is 16.5. The number of nitrogens with zero attached hydrogens (tertiary/aromatic N) is 2. The van der Waals surface area contributed by atoms with Crippen LogP contribution in [0, 0.1) is 6.92 Å². The molecular formula is C16H21N3O2. The van der Waals surface area contributed by atoms with Crippen molar-refractivity contribution in [2.24, 2.45) is 0 Å². The third kappa shape index (κ3) is 2.78. The highest BCUT2D eigenvalue weighted by Gasteiger charge is 2.14. The molecule has 1 aliphatic rings. The van der Waals surface area contributed by atoms with Gasteiger partial charge in [0.25, 0.3) is 0 Å². The summed E-state index contributed by atoms with van der Waals surface area (Å²) in [5.41, 5.74) is 2.50. The lowest BCUT2D eigenvalue weighted by Crippen LogP contribution is -2.28. The predicted molar refractivity (Wildman–Crippen MR) is 83.9 cm³/mol. The van der Waals surface area contributed by atoms with E-state index >= 15 is 0 Å². The van der Waals surface area contributed by atoms with E-state index in [1.54, 1.807) is 0 Å². The molecule has 21 heavy (non-hydrogen) atoms. The third-order valence-corrected chi connectivity index (χ3v) is 4.02. The van der Waals surface area contributed by atoms with Crippen molar-refractivity contribution in [1.82, 2.24) is 9.55 Å². The monoisotopic (exact) mass is 287 g/mol. The van der Waals surface area contributed by atoms with Gasteiger partial charge in [0.2, 0.25) is 0 Å². The van der Waals surface area contributed by atoms with Gasteiger partial charge < -0.3 is 14.6 Å². The Morgan fingerprint density at radius 2 is 2.19 bits per heavy atom. The molecule has 0 radical (unpaired) electrons. The Bertz CT molecular complexity index is 702. The van der Waals surface area contributed by atoms with Gasteiger partial charge in [-0.1, -0.05) is 0 Å². The summed E-state index contributed by atoms with van der Waals surface area (Å²) >= 11 is 0. The Morgan fingerprint density at radius 1 is 1.43 bits per heavy atom. The number of aromatic nitrogens is 2. The molecule has 3 heterocycles. The summed E-state index contributed by atoms with van der Waals surface area (Å²) in [4.78, 5) is 16.8. The van der Waals surface area contributed by atoms with Crippen molar-refractivity contribution in [3.05, 3.63) is 34.2 Å². The average molecular weight is 287 g/mol. The zero-order valence-corrected chi connectivity index (χ0v) is 12.6. The molecule has 0 aromatic carbocycles. The first-order valence-corrected chi connectivity index (χ1v) is 7.53. The van der Waals surface area contributed by atoms with E-state index in [0.717, 1.165) is 49.5 Å². The molecule has 5 heteroatoms. The second-order valence-corrected chi connectivity index (χ2v) is 5.55. The Morgan fingerprint density at radius 3 is 2.90 bits per heavy atom. The summed E-state index contributed by atoms with van der Waals surface area (Å²) in [7, 11) is 0. The molecule has 2 aromatic heterocycles. The first-order valence-electron chi connectivity index (χ1n) is 7.53. The number of anilines is 1. The molecule has 0 bridgehead atoms. The second kappa shape index (κ2) is 5.85. The highest BCUT2D eigenvalue weighted by Crippen LogP contribution is 2.18. The Hall–Kier alpha value is -1.88. The summed E-state index contributed by atoms with van der Waals surface area (Å²) in [6, 6.07) is 2.33. The van der Waals surface area contributed by atoms with E-state index in [-0.39, 0.29) is 5.43 Å². The van der Waals surface area contributed by atoms with Crippen LogP contribution in [-0.4, -0.2) is 28.8 Å². The van der Waals surface area contributed by atoms with Gasteiger partial charge in [-0.3, -0.25) is 4.79 Å². The van der Waals surface area contributed by atoms with Gasteiger partial charge in [-0.2, -0.15) is 0 Å². The van der Waals surface area contributed by atoms with Gasteiger partial charge in [0.05, 0.1) is 17.3 Å². The van der Waals surface area contributed by atoms with E-state index in [9.17, 15) is 4.79 Å². The third-order valence-electron chi connectivity index (χ3n) is 4.02. The van der Waals surface area contributed by atoms with Gasteiger partial charge in [-0.15, -0.1) is 0 Å². The number of hydrogen-bond acceptors (Lipinski definition) is 4. The number of nitrogens with one attached hydrogen (secondary N) is 1. The molecule has 112 valence electrons. The topological polar surface area (TPSA) is 56.2 Å². The summed E-state index contributed by atoms with van der Waals surface area (Å²) in [5.74, 6) is 0. The lowest BCUT2D eigenvalue weighted by atomic mass is 10.1. The quantitative estimate of drug-likeness (QED) is 0.941. The molecule has 2 aromatic rings. The van der Waals surface area contributed by atoms with E-state index in [4.69, 9.17) is 4.74 Å². The minimum Gasteiger partial charge on any atom is -0.381 e. The van der Waals surface area contributed by atoms with Crippen LogP contribution in [0.25, 0.3) is 11.0 Å². The number of pyridine rings is 2. The zero-order valence-electron chi connectivity index (χ0n) is 12.6. The SMILES string of the molecule is CCn1cc(C)c(=O)c2cc(NC3CCOCC3)cnc21. The molecule has 1 aliphatic heterocycles. The summed E-state index contributed by atoms with van der Waals surface area (Å²) < 4.78 is 7.38. The summed E-state index contributed by atoms with van der Waals surface area (Å²) in [6.45, 7) is 6.30. The molecule has 0 amide bonds. The van der Waals surface area contributed by atoms with Crippen molar-refractivity contribution in [3.8, 4) is 0 Å². The van der Waals surface area contributed by atoms with Gasteiger partial charge in [0, 0.05) is 37.6 Å². The fraction of sp³-hybridized carbons (Fsp3) is 0.500. The highest BCUT2D eigenvalue weighted by molar-refractivity contribution is 5.79. The van der Waals surface area contributed by atoms with E-state index in [0.29, 0.717) is 11.4 Å². The fourth-order valence-electron chi connectivity index (χ4n) is 2.82. The van der Waals surface area contributed by atoms with Crippen LogP contribution in [0.4, 0.5) is 5.69 Å². The Labute approximate surface area is 124 Å². The van der Waals surface area contributed by atoms with Gasteiger partial charge in [0.1, 0.15) is 5.65 Å². The van der Waals surface area contributed by atoms with Gasteiger partial charge in [-0.25, -0.2) is 4.98 Å². The van der Waals surface area contributed by atoms with E-state index < -0.39 is 0 Å². The summed E-state index contributed by atoms with van der Waals surface area (Å²) in [5, 5.41) is 4.16. The maximum Gasteiger partial charge on any atom is 0.193 e. The van der Waals surface area contributed by atoms with E-state index in [1.807, 2.05) is 30.0 Å². The molecule has 5 nitrogen and oxygen atoms in total. The molecule has 1 N–H and O–H groups in total. The molecule has 3 rings (SSSR count). The van der Waals surface area contributed by atoms with Gasteiger partial charge >= 0.3 is 0 Å². The van der Waals surface area contributed by atoms with E-state index in [2.05, 4.69) is 17.2 Å². The first-order chi connectivity index (χ1) is 10.2. The van der Waals surface area contributed by atoms with Crippen LogP contribution in [0.1, 0.15) is 25.3 Å². The number of hydrogen-bond donors (Lipinski definition) is 1. The molecule has 1 fully saturated rings. The van der Waals surface area contributed by atoms with Crippen LogP contribution in [0.2, 0.25) is 0 Å². The lowest BCUT2D eigenvalue weighted by Gasteiger charge is -2.24. The molecular weight excluding hydrogens is 266 g/mol. The molecule has 1 saturated heterocycles. The van der Waals surface area contributed by atoms with Gasteiger partial charge in [0.15, 0.2) is 5.43 Å². The van der Waals surface area contributed by atoms with Gasteiger partial charge in [-0.05, 0) is 32.8 Å². The van der Waals surface area contributed by atoms with Crippen molar-refractivity contribution in [2.45, 2.75) is 39.3 Å². The van der Waals surface area contributed by atoms with Crippen molar-refractivity contribution in [2.75, 3.05) is 18.5 Å². The van der Waals surface area contributed by atoms with Crippen molar-refractivity contribution < 1.29 is 4.74 Å². The standard InChI is InChI=1S/C16H21N3O2/c1-3-19-10-11(2)15(20)14-8-13(9-17-16(14)19)18-12-4-6-21-7-5-12/h8-10,12,18H,3-7H2,1-2H3. The maximum absolute atomic E-state index is 12.3. The molecule has 0 atom stereocenters. The maximum atomic E-state index is 12.3. The number of rotatable bonds is 3. The lowest BCUT2D eigenvalue weighted by molar-refractivity contribution is 0.0904. The van der Waals surface area contributed by atoms with Crippen LogP contribution < -0.4 is 10.7 Å². The Balaban J connectivity index is 1.99. The first kappa shape index (κ1) is 14.1. The number of fused-ring (bicyclic) bond motifs is 1. The Kier molecular flexibility index (Phi) is 3.92. The van der Waals surface area contributed by atoms with Crippen LogP contribution in [0.15, 0.2) is 23.3 Å². The minimum atomic E-state index is 0.0674. The minimum absolute atomic E-state index is 0.0674. The van der Waals surface area contributed by atoms with Crippen LogP contribution in [0.5, 0.6) is 0 Å². The van der Waals surface area contributed by atoms with E-state index in [1.165, 1.54) is 0 Å². The number of aryl methyl sites for hydroxylation is 2. The summed E-state index contributed by atoms with van der Waals surface area (Å²) in [6.07, 6.45) is 5.68. The normalized spacial score (nSPS) is 16.3. The van der Waals surface area contributed by atoms with Crippen molar-refractivity contribution >= 4 is 16.7 Å². The number of ether oxygens (including phenoxy) is 1. The predicted octanol–water partition coefficient (Wildman–Crippen LogP) is 2.32. The molecule has 0 unspecified atom stereocenters. The smallest absolute Gasteiger partial charge is 0.193 e. The zero-order chi connectivity index (χ0) is 14.8. The van der Waals surface area contributed by atoms with Crippen LogP contribution in [-0.2, 0) is 11.3 Å². The largest absolute Gasteiger partial charge is 0.381 e. The fourth-order valence-corrected chi connectivity index (χ4v) is 2.82. The second-order valence-electron chi connectivity index (χ2n) is 5.55. The van der Waals surface area contributed by atoms with Crippen LogP contribution in [0.3, 0.4) is 0 Å². The van der Waals surface area contributed by atoms with Crippen LogP contribution >= 0.6 is 0 Å². The molecule has 0 aliphatic carbocycles. The average Bonchev–Trinajstić information content (AvgIpc) is 2.52. The van der Waals surface area contributed by atoms with Crippen molar-refractivity contribution in [1.29, 1.82) is 0 Å².